The van der Waals surface area contributed by atoms with E-state index < -0.39 is 0 Å². The zero-order valence-corrected chi connectivity index (χ0v) is 17.1. The maximum atomic E-state index is 12.6. The summed E-state index contributed by atoms with van der Waals surface area (Å²) in [5.74, 6) is 1.45. The van der Waals surface area contributed by atoms with Crippen LogP contribution in [0, 0.1) is 6.92 Å². The largest absolute Gasteiger partial charge is 0.384 e. The van der Waals surface area contributed by atoms with Gasteiger partial charge >= 0.3 is 6.03 Å². The van der Waals surface area contributed by atoms with Crippen LogP contribution in [-0.2, 0) is 17.7 Å². The van der Waals surface area contributed by atoms with Gasteiger partial charge in [0.2, 0.25) is 5.89 Å². The Morgan fingerprint density at radius 2 is 2.10 bits per heavy atom. The van der Waals surface area contributed by atoms with E-state index in [0.29, 0.717) is 30.6 Å². The summed E-state index contributed by atoms with van der Waals surface area (Å²) in [5, 5.41) is 11.3. The van der Waals surface area contributed by atoms with E-state index in [1.165, 1.54) is 4.90 Å². The van der Waals surface area contributed by atoms with Crippen molar-refractivity contribution in [2.45, 2.75) is 32.9 Å². The third-order valence-electron chi connectivity index (χ3n) is 4.58. The fraction of sp³-hybridized carbons (Fsp3) is 0.400. The Hall–Kier alpha value is -3.20. The summed E-state index contributed by atoms with van der Waals surface area (Å²) >= 11 is 0. The normalized spacial score (nSPS) is 12.0. The molecule has 9 heteroatoms. The molecule has 2 aromatic heterocycles. The van der Waals surface area contributed by atoms with Crippen molar-refractivity contribution >= 4 is 11.8 Å². The average Bonchev–Trinajstić information content (AvgIpc) is 3.32. The molecule has 0 saturated heterocycles. The Morgan fingerprint density at radius 3 is 2.83 bits per heavy atom. The highest BCUT2D eigenvalue weighted by atomic mass is 16.5. The number of hydrogen-bond donors (Lipinski definition) is 1. The van der Waals surface area contributed by atoms with Crippen molar-refractivity contribution in [1.29, 1.82) is 0 Å². The molecule has 0 aliphatic carbocycles. The van der Waals surface area contributed by atoms with Gasteiger partial charge in [-0.2, -0.15) is 10.1 Å². The van der Waals surface area contributed by atoms with Crippen LogP contribution in [0.2, 0.25) is 0 Å². The van der Waals surface area contributed by atoms with Crippen LogP contribution in [0.4, 0.5) is 10.6 Å². The number of aryl methyl sites for hydroxylation is 1. The van der Waals surface area contributed by atoms with E-state index in [-0.39, 0.29) is 18.6 Å². The van der Waals surface area contributed by atoms with Gasteiger partial charge in [0.25, 0.3) is 0 Å². The van der Waals surface area contributed by atoms with Crippen molar-refractivity contribution in [2.75, 3.05) is 26.1 Å². The fourth-order valence-electron chi connectivity index (χ4n) is 2.81. The first-order valence-electron chi connectivity index (χ1n) is 9.41. The number of aromatic nitrogens is 4. The second-order valence-electron chi connectivity index (χ2n) is 6.86. The molecular formula is C20H26N6O3. The molecule has 1 aromatic carbocycles. The maximum Gasteiger partial charge on any atom is 0.323 e. The number of carbonyl (C=O) groups is 1. The maximum absolute atomic E-state index is 12.6. The van der Waals surface area contributed by atoms with E-state index in [0.717, 1.165) is 11.1 Å². The van der Waals surface area contributed by atoms with E-state index in [1.54, 1.807) is 14.2 Å². The van der Waals surface area contributed by atoms with Crippen molar-refractivity contribution in [3.8, 4) is 0 Å². The molecule has 9 nitrogen and oxygen atoms in total. The van der Waals surface area contributed by atoms with Crippen molar-refractivity contribution in [3.63, 3.8) is 0 Å². The standard InChI is InChI=1S/C20H26N6O3/c1-14-12-26(15(2)16-8-6-5-7-9-16)23-19(14)22-20(27)25(3)13-18-21-17(24-29-18)10-11-28-4/h5-9,12,15H,10-11,13H2,1-4H3,(H,22,23,27). The van der Waals surface area contributed by atoms with Crippen LogP contribution < -0.4 is 5.32 Å². The minimum absolute atomic E-state index is 0.0576. The predicted molar refractivity (Wildman–Crippen MR) is 108 cm³/mol. The average molecular weight is 398 g/mol. The zero-order valence-electron chi connectivity index (χ0n) is 17.1. The number of nitrogens with zero attached hydrogens (tertiary/aromatic N) is 5. The van der Waals surface area contributed by atoms with E-state index >= 15 is 0 Å². The molecule has 0 saturated carbocycles. The summed E-state index contributed by atoms with van der Waals surface area (Å²) < 4.78 is 12.0. The number of urea groups is 1. The minimum Gasteiger partial charge on any atom is -0.384 e. The molecule has 3 aromatic rings. The summed E-state index contributed by atoms with van der Waals surface area (Å²) in [6, 6.07) is 9.84. The number of methoxy groups -OCH3 is 1. The number of ether oxygens (including phenoxy) is 1. The summed E-state index contributed by atoms with van der Waals surface area (Å²) in [5.41, 5.74) is 2.03. The molecule has 1 unspecified atom stereocenters. The fourth-order valence-corrected chi connectivity index (χ4v) is 2.81. The van der Waals surface area contributed by atoms with Crippen LogP contribution in [0.3, 0.4) is 0 Å². The summed E-state index contributed by atoms with van der Waals surface area (Å²) in [6.07, 6.45) is 2.49. The minimum atomic E-state index is -0.303. The van der Waals surface area contributed by atoms with Crippen LogP contribution in [0.15, 0.2) is 41.1 Å². The van der Waals surface area contributed by atoms with Crippen LogP contribution in [-0.4, -0.2) is 51.6 Å². The Morgan fingerprint density at radius 1 is 1.34 bits per heavy atom. The van der Waals surface area contributed by atoms with Crippen LogP contribution in [0.25, 0.3) is 0 Å². The molecule has 0 fully saturated rings. The predicted octanol–water partition coefficient (Wildman–Crippen LogP) is 3.04. The molecule has 0 aliphatic heterocycles. The lowest BCUT2D eigenvalue weighted by Gasteiger charge is -2.15. The first-order valence-corrected chi connectivity index (χ1v) is 9.41. The van der Waals surface area contributed by atoms with Gasteiger partial charge in [-0.15, -0.1) is 0 Å². The van der Waals surface area contributed by atoms with Crippen molar-refractivity contribution < 1.29 is 14.1 Å². The first-order chi connectivity index (χ1) is 14.0. The van der Waals surface area contributed by atoms with Crippen LogP contribution in [0.5, 0.6) is 0 Å². The van der Waals surface area contributed by atoms with Gasteiger partial charge in [-0.05, 0) is 19.4 Å². The monoisotopic (exact) mass is 398 g/mol. The van der Waals surface area contributed by atoms with Gasteiger partial charge in [-0.3, -0.25) is 10.00 Å². The Labute approximate surface area is 169 Å². The van der Waals surface area contributed by atoms with Gasteiger partial charge in [0.05, 0.1) is 12.6 Å². The molecule has 2 heterocycles. The highest BCUT2D eigenvalue weighted by Gasteiger charge is 2.18. The quantitative estimate of drug-likeness (QED) is 0.626. The molecule has 0 radical (unpaired) electrons. The second-order valence-corrected chi connectivity index (χ2v) is 6.86. The third kappa shape index (κ3) is 5.20. The van der Waals surface area contributed by atoms with Gasteiger partial charge in [0.15, 0.2) is 11.6 Å². The Balaban J connectivity index is 1.61. The highest BCUT2D eigenvalue weighted by Crippen LogP contribution is 2.21. The SMILES string of the molecule is COCCc1noc(CN(C)C(=O)Nc2nn(C(C)c3ccccc3)cc2C)n1. The lowest BCUT2D eigenvalue weighted by Crippen LogP contribution is -2.31. The Bertz CT molecular complexity index is 937. The number of nitrogens with one attached hydrogen (secondary N) is 1. The Kier molecular flexibility index (Phi) is 6.61. The second kappa shape index (κ2) is 9.33. The number of amides is 2. The summed E-state index contributed by atoms with van der Waals surface area (Å²) in [4.78, 5) is 18.3. The molecule has 1 atom stereocenters. The van der Waals surface area contributed by atoms with Crippen molar-refractivity contribution in [2.24, 2.45) is 0 Å². The molecule has 2 amide bonds. The van der Waals surface area contributed by atoms with E-state index in [1.807, 2.05) is 36.0 Å². The van der Waals surface area contributed by atoms with Gasteiger partial charge in [-0.25, -0.2) is 4.79 Å². The van der Waals surface area contributed by atoms with Crippen LogP contribution >= 0.6 is 0 Å². The number of carbonyl (C=O) groups excluding carboxylic acids is 1. The number of rotatable bonds is 8. The lowest BCUT2D eigenvalue weighted by molar-refractivity contribution is 0.199. The summed E-state index contributed by atoms with van der Waals surface area (Å²) in [7, 11) is 3.27. The number of anilines is 1. The number of benzene rings is 1. The molecule has 29 heavy (non-hydrogen) atoms. The molecule has 0 aliphatic rings. The summed E-state index contributed by atoms with van der Waals surface area (Å²) in [6.45, 7) is 4.69. The topological polar surface area (TPSA) is 98.3 Å². The highest BCUT2D eigenvalue weighted by molar-refractivity contribution is 5.88. The van der Waals surface area contributed by atoms with Gasteiger partial charge in [0, 0.05) is 32.3 Å². The lowest BCUT2D eigenvalue weighted by atomic mass is 10.1. The van der Waals surface area contributed by atoms with Crippen LogP contribution in [0.1, 0.15) is 35.8 Å². The first kappa shape index (κ1) is 20.5. The molecule has 0 bridgehead atoms. The molecule has 0 spiro atoms. The smallest absolute Gasteiger partial charge is 0.323 e. The molecule has 154 valence electrons. The van der Waals surface area contributed by atoms with Crippen molar-refractivity contribution in [3.05, 3.63) is 59.4 Å². The van der Waals surface area contributed by atoms with Gasteiger partial charge in [0.1, 0.15) is 6.54 Å². The van der Waals surface area contributed by atoms with E-state index in [9.17, 15) is 4.79 Å². The van der Waals surface area contributed by atoms with E-state index in [4.69, 9.17) is 9.26 Å². The van der Waals surface area contributed by atoms with Crippen molar-refractivity contribution in [1.82, 2.24) is 24.8 Å². The molecular weight excluding hydrogens is 372 g/mol. The van der Waals surface area contributed by atoms with Gasteiger partial charge < -0.3 is 14.2 Å². The van der Waals surface area contributed by atoms with E-state index in [2.05, 4.69) is 39.6 Å². The molecule has 1 N–H and O–H groups in total. The van der Waals surface area contributed by atoms with Gasteiger partial charge in [-0.1, -0.05) is 35.5 Å². The molecule has 3 rings (SSSR count). The third-order valence-corrected chi connectivity index (χ3v) is 4.58. The number of hydrogen-bond acceptors (Lipinski definition) is 6. The zero-order chi connectivity index (χ0) is 20.8.